The van der Waals surface area contributed by atoms with Gasteiger partial charge in [-0.1, -0.05) is 76.3 Å². The van der Waals surface area contributed by atoms with Crippen LogP contribution in [0.1, 0.15) is 70.8 Å². The van der Waals surface area contributed by atoms with E-state index in [1.165, 1.54) is 19.0 Å². The smallest absolute Gasteiger partial charge is 0.243 e. The highest BCUT2D eigenvalue weighted by Gasteiger charge is 2.35. The summed E-state index contributed by atoms with van der Waals surface area (Å²) in [6, 6.07) is 7.04. The molecule has 5 atom stereocenters. The lowest BCUT2D eigenvalue weighted by molar-refractivity contribution is -0.132. The van der Waals surface area contributed by atoms with Gasteiger partial charge >= 0.3 is 0 Å². The van der Waals surface area contributed by atoms with E-state index in [2.05, 4.69) is 16.6 Å². The largest absolute Gasteiger partial charge is 0.390 e. The molecule has 0 aromatic heterocycles. The normalized spacial score (nSPS) is 17.0. The summed E-state index contributed by atoms with van der Waals surface area (Å²) in [7, 11) is -1.02. The van der Waals surface area contributed by atoms with Crippen LogP contribution in [-0.2, 0) is 26.0 Å². The molecule has 4 N–H and O–H groups in total. The maximum atomic E-state index is 13.7. The summed E-state index contributed by atoms with van der Waals surface area (Å²) in [5.41, 5.74) is 0.741. The lowest BCUT2D eigenvalue weighted by atomic mass is 9.82. The highest BCUT2D eigenvalue weighted by Crippen LogP contribution is 2.29. The standard InChI is InChI=1S/C34H55FN4O6S.CH2F2/c1-6-13-29(34(43)37-30(22-27-16-11-8-12-17-27)32(41)31(40)20-25(2)3)36-33(42)28(21-26-14-9-7-10-15-26)23-46(44,45)39(5)19-18-38(4)24-35;2-1-3/h1,7,9-10,14-15,25,27-32,40-41H,8,11-13,16-24H2,2-5H3,(H,36,42)(H,37,43);1H2/t28?,29-,30?,31?,32?;/m0./s1. The fourth-order valence-corrected chi connectivity index (χ4v) is 7.27. The molecule has 10 nitrogen and oxygen atoms in total. The molecule has 0 aliphatic heterocycles. The van der Waals surface area contributed by atoms with Crippen molar-refractivity contribution in [2.24, 2.45) is 17.8 Å². The number of carbonyl (C=O) groups is 2. The van der Waals surface area contributed by atoms with Gasteiger partial charge in [0.1, 0.15) is 18.9 Å². The Morgan fingerprint density at radius 2 is 1.61 bits per heavy atom. The van der Waals surface area contributed by atoms with E-state index in [1.807, 2.05) is 19.9 Å². The number of alkyl halides is 3. The summed E-state index contributed by atoms with van der Waals surface area (Å²) < 4.78 is 59.9. The van der Waals surface area contributed by atoms with Gasteiger partial charge < -0.3 is 20.8 Å². The second-order valence-corrected chi connectivity index (χ2v) is 15.4. The summed E-state index contributed by atoms with van der Waals surface area (Å²) in [6.45, 7) is 1.62. The Labute approximate surface area is 291 Å². The molecule has 0 radical (unpaired) electrons. The molecule has 14 heteroatoms. The highest BCUT2D eigenvalue weighted by atomic mass is 32.2. The number of carbonyl (C=O) groups excluding carboxylic acids is 2. The third-order valence-corrected chi connectivity index (χ3v) is 10.7. The molecule has 1 aromatic rings. The third-order valence-electron chi connectivity index (χ3n) is 8.70. The van der Waals surface area contributed by atoms with Crippen molar-refractivity contribution in [2.45, 2.75) is 95.9 Å². The van der Waals surface area contributed by atoms with E-state index in [0.717, 1.165) is 42.0 Å². The SMILES string of the molecule is C#CC[C@H](NC(=O)C(Cc1ccccc1)CS(=O)(=O)N(C)CCN(C)CF)C(=O)NC(CC1CCCCC1)C(O)C(O)CC(C)C.FCF. The highest BCUT2D eigenvalue weighted by molar-refractivity contribution is 7.89. The van der Waals surface area contributed by atoms with E-state index >= 15 is 0 Å². The van der Waals surface area contributed by atoms with Crippen LogP contribution in [0.15, 0.2) is 30.3 Å². The Balaban J connectivity index is 0.00000385. The summed E-state index contributed by atoms with van der Waals surface area (Å²) >= 11 is 0. The van der Waals surface area contributed by atoms with E-state index in [1.54, 1.807) is 24.3 Å². The van der Waals surface area contributed by atoms with E-state index in [-0.39, 0.29) is 37.8 Å². The average molecular weight is 719 g/mol. The minimum atomic E-state index is -3.94. The van der Waals surface area contributed by atoms with E-state index < -0.39 is 71.5 Å². The molecule has 1 aliphatic rings. The molecule has 280 valence electrons. The predicted octanol–water partition coefficient (Wildman–Crippen LogP) is 3.58. The molecule has 0 saturated heterocycles. The van der Waals surface area contributed by atoms with Crippen molar-refractivity contribution >= 4 is 21.8 Å². The molecule has 49 heavy (non-hydrogen) atoms. The molecule has 0 bridgehead atoms. The number of hydrogen-bond acceptors (Lipinski definition) is 7. The molecule has 0 heterocycles. The van der Waals surface area contributed by atoms with E-state index in [9.17, 15) is 41.4 Å². The average Bonchev–Trinajstić information content (AvgIpc) is 3.06. The first-order chi connectivity index (χ1) is 23.2. The van der Waals surface area contributed by atoms with Crippen LogP contribution in [0.25, 0.3) is 0 Å². The molecule has 1 aliphatic carbocycles. The zero-order valence-electron chi connectivity index (χ0n) is 29.4. The number of nitrogens with one attached hydrogen (secondary N) is 2. The molecular formula is C35H57F3N4O6S. The first-order valence-electron chi connectivity index (χ1n) is 16.9. The topological polar surface area (TPSA) is 139 Å². The summed E-state index contributed by atoms with van der Waals surface area (Å²) in [5.74, 6) is -0.00325. The fourth-order valence-electron chi connectivity index (χ4n) is 5.87. The van der Waals surface area contributed by atoms with Gasteiger partial charge in [-0.25, -0.2) is 25.9 Å². The van der Waals surface area contributed by atoms with E-state index in [4.69, 9.17) is 6.42 Å². The van der Waals surface area contributed by atoms with E-state index in [0.29, 0.717) is 12.8 Å². The molecule has 2 rings (SSSR count). The summed E-state index contributed by atoms with van der Waals surface area (Å²) in [4.78, 5) is 28.7. The Bertz CT molecular complexity index is 1230. The number of halogens is 3. The van der Waals surface area contributed by atoms with Crippen molar-refractivity contribution in [1.29, 1.82) is 0 Å². The minimum absolute atomic E-state index is 0.0396. The molecule has 2 amide bonds. The second-order valence-electron chi connectivity index (χ2n) is 13.3. The summed E-state index contributed by atoms with van der Waals surface area (Å²) in [6.07, 6.45) is 9.35. The second kappa shape index (κ2) is 23.7. The van der Waals surface area contributed by atoms with Crippen molar-refractivity contribution in [3.8, 4) is 12.3 Å². The van der Waals surface area contributed by atoms with Crippen LogP contribution in [-0.4, -0.2) is 111 Å². The van der Waals surface area contributed by atoms with Gasteiger partial charge in [-0.15, -0.1) is 12.3 Å². The van der Waals surface area contributed by atoms with Crippen molar-refractivity contribution in [2.75, 3.05) is 46.7 Å². The quantitative estimate of drug-likeness (QED) is 0.120. The van der Waals surface area contributed by atoms with Crippen molar-refractivity contribution in [3.63, 3.8) is 0 Å². The zero-order chi connectivity index (χ0) is 37.0. The van der Waals surface area contributed by atoms with Gasteiger partial charge in [-0.3, -0.25) is 14.5 Å². The minimum Gasteiger partial charge on any atom is -0.390 e. The van der Waals surface area contributed by atoms with Gasteiger partial charge in [0.05, 0.1) is 23.8 Å². The zero-order valence-corrected chi connectivity index (χ0v) is 30.2. The number of aliphatic hydroxyl groups excluding tert-OH is 2. The lowest BCUT2D eigenvalue weighted by Gasteiger charge is -2.33. The van der Waals surface area contributed by atoms with Crippen LogP contribution < -0.4 is 10.6 Å². The fraction of sp³-hybridized carbons (Fsp3) is 0.714. The number of benzene rings is 1. The number of amides is 2. The Morgan fingerprint density at radius 3 is 2.16 bits per heavy atom. The number of terminal acetylenes is 1. The Hall–Kier alpha value is -2.70. The predicted molar refractivity (Wildman–Crippen MR) is 186 cm³/mol. The van der Waals surface area contributed by atoms with Gasteiger partial charge in [0.25, 0.3) is 0 Å². The van der Waals surface area contributed by atoms with Crippen molar-refractivity contribution in [3.05, 3.63) is 35.9 Å². The van der Waals surface area contributed by atoms with Crippen LogP contribution in [0, 0.1) is 30.1 Å². The summed E-state index contributed by atoms with van der Waals surface area (Å²) in [5, 5.41) is 27.5. The first kappa shape index (κ1) is 44.3. The van der Waals surface area contributed by atoms with Crippen LogP contribution in [0.3, 0.4) is 0 Å². The van der Waals surface area contributed by atoms with Gasteiger partial charge in [0.15, 0.2) is 0 Å². The van der Waals surface area contributed by atoms with Crippen molar-refractivity contribution in [1.82, 2.24) is 19.8 Å². The lowest BCUT2D eigenvalue weighted by Crippen LogP contribution is -2.56. The first-order valence-corrected chi connectivity index (χ1v) is 18.5. The number of nitrogens with zero attached hydrogens (tertiary/aromatic N) is 2. The molecule has 1 aromatic carbocycles. The Kier molecular flexibility index (Phi) is 21.4. The molecule has 1 fully saturated rings. The maximum Gasteiger partial charge on any atom is 0.243 e. The van der Waals surface area contributed by atoms with Crippen LogP contribution >= 0.6 is 0 Å². The number of rotatable bonds is 20. The number of likely N-dealkylation sites (N-methyl/N-ethyl adjacent to an activating group) is 2. The monoisotopic (exact) mass is 718 g/mol. The van der Waals surface area contributed by atoms with Crippen LogP contribution in [0.2, 0.25) is 0 Å². The Morgan fingerprint density at radius 1 is 1.00 bits per heavy atom. The van der Waals surface area contributed by atoms with Gasteiger partial charge in [0.2, 0.25) is 28.8 Å². The molecule has 4 unspecified atom stereocenters. The number of aliphatic hydroxyl groups is 2. The van der Waals surface area contributed by atoms with Crippen molar-refractivity contribution < 1.29 is 41.4 Å². The maximum absolute atomic E-state index is 13.7. The number of sulfonamides is 1. The van der Waals surface area contributed by atoms with Crippen LogP contribution in [0.5, 0.6) is 0 Å². The van der Waals surface area contributed by atoms with Gasteiger partial charge in [0, 0.05) is 26.6 Å². The molecule has 0 spiro atoms. The van der Waals surface area contributed by atoms with Gasteiger partial charge in [-0.2, -0.15) is 0 Å². The third kappa shape index (κ3) is 17.2. The number of hydrogen-bond donors (Lipinski definition) is 4. The van der Waals surface area contributed by atoms with Gasteiger partial charge in [-0.05, 0) is 43.7 Å². The van der Waals surface area contributed by atoms with Crippen LogP contribution in [0.4, 0.5) is 13.2 Å². The molecule has 1 saturated carbocycles. The molecular weight excluding hydrogens is 661 g/mol.